The lowest BCUT2D eigenvalue weighted by atomic mass is 10.1. The molecular formula is C25H39NO5S. The van der Waals surface area contributed by atoms with Gasteiger partial charge >= 0.3 is 5.97 Å². The van der Waals surface area contributed by atoms with E-state index >= 15 is 0 Å². The van der Waals surface area contributed by atoms with E-state index < -0.39 is 16.1 Å². The minimum atomic E-state index is -4.27. The Labute approximate surface area is 194 Å². The van der Waals surface area contributed by atoms with E-state index in [0.717, 1.165) is 11.1 Å². The molecular weight excluding hydrogens is 426 g/mol. The minimum absolute atomic E-state index is 0.178. The van der Waals surface area contributed by atoms with Crippen molar-refractivity contribution in [2.45, 2.75) is 64.2 Å². The fourth-order valence-corrected chi connectivity index (χ4v) is 3.13. The average Bonchev–Trinajstić information content (AvgIpc) is 2.71. The molecule has 0 atom stereocenters. The predicted molar refractivity (Wildman–Crippen MR) is 128 cm³/mol. The van der Waals surface area contributed by atoms with Gasteiger partial charge in [0.15, 0.2) is 0 Å². The van der Waals surface area contributed by atoms with Crippen molar-refractivity contribution in [1.29, 1.82) is 0 Å². The monoisotopic (exact) mass is 465 g/mol. The van der Waals surface area contributed by atoms with Crippen LogP contribution in [-0.4, -0.2) is 44.7 Å². The van der Waals surface area contributed by atoms with Crippen LogP contribution < -0.4 is 4.90 Å². The van der Waals surface area contributed by atoms with Crippen molar-refractivity contribution in [2.75, 3.05) is 20.6 Å². The third kappa shape index (κ3) is 15.6. The van der Waals surface area contributed by atoms with Crippen LogP contribution in [0.2, 0.25) is 0 Å². The number of unbranched alkanes of at least 4 members (excludes halogenated alkanes) is 5. The fraction of sp³-hybridized carbons (Fsp3) is 0.480. The highest BCUT2D eigenvalue weighted by atomic mass is 32.2. The van der Waals surface area contributed by atoms with Crippen molar-refractivity contribution in [3.8, 4) is 0 Å². The lowest BCUT2D eigenvalue weighted by Gasteiger charge is -2.05. The third-order valence-electron chi connectivity index (χ3n) is 4.64. The maximum Gasteiger partial charge on any atom is 0.335 e. The average molecular weight is 466 g/mol. The number of rotatable bonds is 9. The summed E-state index contributed by atoms with van der Waals surface area (Å²) in [5.74, 6) is -0.875. The molecule has 0 saturated heterocycles. The standard InChI is InChI=1S/C10H23N.C8H8O2.C7H8O3S/c1-4-5-6-7-8-9-10-11(2)3;1-6-2-4-7(5-3-6)8(9)10;1-6-2-4-7(5-3-6)11(8,9)10/h4-10H2,1-3H3;2-5H,1H3,(H,9,10);2-5H,1H3,(H,8,9,10). The molecule has 0 saturated carbocycles. The molecule has 7 heteroatoms. The second-order valence-electron chi connectivity index (χ2n) is 8.16. The Morgan fingerprint density at radius 2 is 1.28 bits per heavy atom. The van der Waals surface area contributed by atoms with Crippen LogP contribution in [0.15, 0.2) is 53.4 Å². The minimum Gasteiger partial charge on any atom is -0.744 e. The molecule has 0 aliphatic rings. The summed E-state index contributed by atoms with van der Waals surface area (Å²) in [5.41, 5.74) is 2.34. The Hall–Kier alpha value is -2.22. The highest BCUT2D eigenvalue weighted by molar-refractivity contribution is 7.85. The summed E-state index contributed by atoms with van der Waals surface area (Å²) >= 11 is 0. The molecule has 180 valence electrons. The van der Waals surface area contributed by atoms with Gasteiger partial charge in [0.25, 0.3) is 0 Å². The second-order valence-corrected chi connectivity index (χ2v) is 9.54. The van der Waals surface area contributed by atoms with E-state index in [0.29, 0.717) is 5.56 Å². The SMILES string of the molecule is CCCCCCCC[NH+](C)C.Cc1ccc(C(=O)O)cc1.Cc1ccc(S(=O)(=O)[O-])cc1. The van der Waals surface area contributed by atoms with Crippen molar-refractivity contribution in [2.24, 2.45) is 0 Å². The van der Waals surface area contributed by atoms with Crippen molar-refractivity contribution >= 4 is 16.1 Å². The molecule has 6 nitrogen and oxygen atoms in total. The van der Waals surface area contributed by atoms with E-state index in [2.05, 4.69) is 21.0 Å². The van der Waals surface area contributed by atoms with E-state index in [1.807, 2.05) is 13.8 Å². The molecule has 0 fully saturated rings. The van der Waals surface area contributed by atoms with Crippen LogP contribution >= 0.6 is 0 Å². The van der Waals surface area contributed by atoms with Crippen molar-refractivity contribution in [1.82, 2.24) is 0 Å². The second kappa shape index (κ2) is 16.4. The molecule has 0 unspecified atom stereocenters. The normalized spacial score (nSPS) is 10.6. The molecule has 0 bridgehead atoms. The van der Waals surface area contributed by atoms with Crippen LogP contribution in [0.4, 0.5) is 0 Å². The molecule has 0 heterocycles. The molecule has 0 amide bonds. The smallest absolute Gasteiger partial charge is 0.335 e. The van der Waals surface area contributed by atoms with E-state index in [4.69, 9.17) is 5.11 Å². The summed E-state index contributed by atoms with van der Waals surface area (Å²) < 4.78 is 31.2. The van der Waals surface area contributed by atoms with Gasteiger partial charge in [0.05, 0.1) is 31.1 Å². The van der Waals surface area contributed by atoms with Gasteiger partial charge in [-0.25, -0.2) is 13.2 Å². The molecule has 0 aliphatic heterocycles. The van der Waals surface area contributed by atoms with Gasteiger partial charge in [0, 0.05) is 0 Å². The quantitative estimate of drug-likeness (QED) is 0.429. The number of carboxylic acids is 1. The Bertz CT molecular complexity index is 860. The first kappa shape index (κ1) is 29.8. The molecule has 2 aromatic rings. The molecule has 2 aromatic carbocycles. The van der Waals surface area contributed by atoms with E-state index in [-0.39, 0.29) is 4.90 Å². The summed E-state index contributed by atoms with van der Waals surface area (Å²) in [4.78, 5) is 11.7. The first-order chi connectivity index (χ1) is 15.0. The zero-order valence-corrected chi connectivity index (χ0v) is 20.9. The number of carboxylic acid groups (broad SMARTS) is 1. The molecule has 0 spiro atoms. The third-order valence-corrected chi connectivity index (χ3v) is 5.49. The number of hydrogen-bond donors (Lipinski definition) is 2. The van der Waals surface area contributed by atoms with Gasteiger partial charge in [-0.2, -0.15) is 0 Å². The molecule has 2 N–H and O–H groups in total. The zero-order chi connectivity index (χ0) is 24.6. The van der Waals surface area contributed by atoms with Crippen molar-refractivity contribution in [3.05, 3.63) is 65.2 Å². The molecule has 0 radical (unpaired) electrons. The fourth-order valence-electron chi connectivity index (χ4n) is 2.66. The first-order valence-corrected chi connectivity index (χ1v) is 12.5. The van der Waals surface area contributed by atoms with Gasteiger partial charge < -0.3 is 14.6 Å². The van der Waals surface area contributed by atoms with Crippen LogP contribution in [0.1, 0.15) is 66.9 Å². The summed E-state index contributed by atoms with van der Waals surface area (Å²) in [6.45, 7) is 7.35. The van der Waals surface area contributed by atoms with Gasteiger partial charge in [0.2, 0.25) is 0 Å². The molecule has 0 aromatic heterocycles. The Morgan fingerprint density at radius 1 is 0.844 bits per heavy atom. The molecule has 2 rings (SSSR count). The Balaban J connectivity index is 0.000000451. The number of hydrogen-bond acceptors (Lipinski definition) is 4. The lowest BCUT2D eigenvalue weighted by molar-refractivity contribution is -0.858. The van der Waals surface area contributed by atoms with Gasteiger partial charge in [-0.05, 0) is 51.0 Å². The van der Waals surface area contributed by atoms with Crippen molar-refractivity contribution in [3.63, 3.8) is 0 Å². The van der Waals surface area contributed by atoms with E-state index in [1.165, 1.54) is 57.2 Å². The highest BCUT2D eigenvalue weighted by Gasteiger charge is 1.99. The molecule has 32 heavy (non-hydrogen) atoms. The van der Waals surface area contributed by atoms with Crippen LogP contribution in [0.5, 0.6) is 0 Å². The van der Waals surface area contributed by atoms with Crippen LogP contribution in [0.25, 0.3) is 0 Å². The predicted octanol–water partition coefficient (Wildman–Crippen LogP) is 4.08. The van der Waals surface area contributed by atoms with Crippen LogP contribution in [0, 0.1) is 13.8 Å². The highest BCUT2D eigenvalue weighted by Crippen LogP contribution is 2.08. The largest absolute Gasteiger partial charge is 0.744 e. The summed E-state index contributed by atoms with van der Waals surface area (Å²) in [6.07, 6.45) is 8.52. The van der Waals surface area contributed by atoms with Gasteiger partial charge in [0.1, 0.15) is 10.1 Å². The van der Waals surface area contributed by atoms with Crippen molar-refractivity contribution < 1.29 is 27.8 Å². The Kier molecular flexibility index (Phi) is 15.3. The lowest BCUT2D eigenvalue weighted by Crippen LogP contribution is -3.05. The maximum absolute atomic E-state index is 10.4. The van der Waals surface area contributed by atoms with Crippen LogP contribution in [-0.2, 0) is 10.1 Å². The van der Waals surface area contributed by atoms with Gasteiger partial charge in [-0.1, -0.05) is 68.0 Å². The summed E-state index contributed by atoms with van der Waals surface area (Å²) in [5, 5.41) is 8.48. The van der Waals surface area contributed by atoms with Gasteiger partial charge in [-0.15, -0.1) is 0 Å². The first-order valence-electron chi connectivity index (χ1n) is 11.1. The summed E-state index contributed by atoms with van der Waals surface area (Å²) in [7, 11) is 0.187. The number of benzene rings is 2. The van der Waals surface area contributed by atoms with E-state index in [1.54, 1.807) is 41.3 Å². The number of aromatic carboxylic acids is 1. The van der Waals surface area contributed by atoms with E-state index in [9.17, 15) is 17.8 Å². The number of quaternary nitrogens is 1. The number of nitrogens with one attached hydrogen (secondary N) is 1. The zero-order valence-electron chi connectivity index (χ0n) is 20.1. The maximum atomic E-state index is 10.4. The number of aryl methyl sites for hydroxylation is 2. The summed E-state index contributed by atoms with van der Waals surface area (Å²) in [6, 6.07) is 12.5. The topological polar surface area (TPSA) is 98.9 Å². The number of carbonyl (C=O) groups is 1. The molecule has 0 aliphatic carbocycles. The Morgan fingerprint density at radius 3 is 1.69 bits per heavy atom. The van der Waals surface area contributed by atoms with Gasteiger partial charge in [-0.3, -0.25) is 0 Å². The van der Waals surface area contributed by atoms with Crippen LogP contribution in [0.3, 0.4) is 0 Å².